The van der Waals surface area contributed by atoms with E-state index < -0.39 is 0 Å². The molecule has 0 N–H and O–H groups in total. The quantitative estimate of drug-likeness (QED) is 0.220. The van der Waals surface area contributed by atoms with Crippen LogP contribution in [-0.4, -0.2) is 6.71 Å². The molecule has 1 heteroatoms. The van der Waals surface area contributed by atoms with Gasteiger partial charge >= 0.3 is 0 Å². The van der Waals surface area contributed by atoms with Gasteiger partial charge in [-0.05, 0) is 69.8 Å². The van der Waals surface area contributed by atoms with E-state index in [0.717, 1.165) is 12.8 Å². The molecule has 196 valence electrons. The fourth-order valence-corrected chi connectivity index (χ4v) is 6.69. The summed E-state index contributed by atoms with van der Waals surface area (Å²) in [6.07, 6.45) is 17.9. The summed E-state index contributed by atoms with van der Waals surface area (Å²) in [5, 5.41) is 7.86. The Bertz CT molecular complexity index is 1960. The molecule has 0 unspecified atom stereocenters. The smallest absolute Gasteiger partial charge is 0.0806 e. The second-order valence-electron chi connectivity index (χ2n) is 11.3. The van der Waals surface area contributed by atoms with Crippen LogP contribution in [0.15, 0.2) is 145 Å². The zero-order valence-corrected chi connectivity index (χ0v) is 23.8. The van der Waals surface area contributed by atoms with E-state index in [2.05, 4.69) is 153 Å². The molecule has 0 atom stereocenters. The van der Waals surface area contributed by atoms with E-state index >= 15 is 0 Å². The molecule has 7 rings (SSSR count). The Labute approximate surface area is 243 Å². The topological polar surface area (TPSA) is 0 Å². The zero-order chi connectivity index (χ0) is 27.8. The van der Waals surface area contributed by atoms with Crippen molar-refractivity contribution in [3.8, 4) is 0 Å². The van der Waals surface area contributed by atoms with E-state index in [0.29, 0.717) is 0 Å². The van der Waals surface area contributed by atoms with Gasteiger partial charge < -0.3 is 0 Å². The average molecular weight is 525 g/mol. The number of hydrogen-bond donors (Lipinski definition) is 0. The first-order valence-electron chi connectivity index (χ1n) is 14.7. The summed E-state index contributed by atoms with van der Waals surface area (Å²) in [5.74, 6) is 0. The normalized spacial score (nSPS) is 14.6. The van der Waals surface area contributed by atoms with Gasteiger partial charge in [-0.1, -0.05) is 167 Å². The van der Waals surface area contributed by atoms with E-state index in [1.165, 1.54) is 70.7 Å². The van der Waals surface area contributed by atoms with Crippen LogP contribution < -0.4 is 21.4 Å². The van der Waals surface area contributed by atoms with E-state index in [1.807, 2.05) is 0 Å². The number of aryl methyl sites for hydroxylation is 2. The Morgan fingerprint density at radius 3 is 1.66 bits per heavy atom. The zero-order valence-electron chi connectivity index (χ0n) is 23.8. The summed E-state index contributed by atoms with van der Waals surface area (Å²) in [4.78, 5) is 0. The molecule has 0 fully saturated rings. The van der Waals surface area contributed by atoms with E-state index in [9.17, 15) is 0 Å². The lowest BCUT2D eigenvalue weighted by atomic mass is 9.33. The maximum atomic E-state index is 2.47. The number of rotatable bonds is 3. The van der Waals surface area contributed by atoms with Gasteiger partial charge in [0.2, 0.25) is 6.71 Å². The molecule has 5 aromatic carbocycles. The lowest BCUT2D eigenvalue weighted by Crippen LogP contribution is -2.47. The van der Waals surface area contributed by atoms with Gasteiger partial charge in [-0.25, -0.2) is 0 Å². The first kappa shape index (κ1) is 25.4. The predicted molar refractivity (Wildman–Crippen MR) is 180 cm³/mol. The molecule has 0 bridgehead atoms. The van der Waals surface area contributed by atoms with Crippen molar-refractivity contribution in [2.75, 3.05) is 0 Å². The SMILES string of the molecule is Cc1ccc2ccccc2c1B(C1=CC(=c2ccc(=C3C=CC=CC3)cc2)CC=C1)c1c(C)ccc2ccccc12. The van der Waals surface area contributed by atoms with Gasteiger partial charge in [0.15, 0.2) is 0 Å². The van der Waals surface area contributed by atoms with Crippen LogP contribution in [0.25, 0.3) is 32.7 Å². The number of benzene rings is 5. The van der Waals surface area contributed by atoms with Crippen molar-refractivity contribution in [2.24, 2.45) is 0 Å². The molecule has 0 aromatic heterocycles. The highest BCUT2D eigenvalue weighted by atomic mass is 14.1. The van der Waals surface area contributed by atoms with Crippen LogP contribution in [0.2, 0.25) is 0 Å². The maximum absolute atomic E-state index is 2.47. The van der Waals surface area contributed by atoms with Gasteiger partial charge in [-0.3, -0.25) is 0 Å². The van der Waals surface area contributed by atoms with Crippen LogP contribution >= 0.6 is 0 Å². The molecule has 2 aliphatic carbocycles. The molecule has 0 spiro atoms. The van der Waals surface area contributed by atoms with Gasteiger partial charge in [0.1, 0.15) is 0 Å². The Hall–Kier alpha value is -4.62. The van der Waals surface area contributed by atoms with E-state index in [1.54, 1.807) is 0 Å². The third-order valence-electron chi connectivity index (χ3n) is 8.79. The van der Waals surface area contributed by atoms with Crippen LogP contribution in [0.4, 0.5) is 0 Å². The van der Waals surface area contributed by atoms with Crippen LogP contribution in [0.1, 0.15) is 24.0 Å². The number of fused-ring (bicyclic) bond motifs is 2. The van der Waals surface area contributed by atoms with E-state index in [4.69, 9.17) is 0 Å². The average Bonchev–Trinajstić information content (AvgIpc) is 3.04. The fourth-order valence-electron chi connectivity index (χ4n) is 6.69. The second-order valence-corrected chi connectivity index (χ2v) is 11.3. The molecule has 0 amide bonds. The van der Waals surface area contributed by atoms with Crippen molar-refractivity contribution in [1.29, 1.82) is 0 Å². The maximum Gasteiger partial charge on any atom is 0.243 e. The number of allylic oxidation sites excluding steroid dienone is 8. The Kier molecular flexibility index (Phi) is 6.65. The minimum atomic E-state index is 0.118. The van der Waals surface area contributed by atoms with Crippen LogP contribution in [0.5, 0.6) is 0 Å². The third kappa shape index (κ3) is 4.72. The molecule has 0 nitrogen and oxygen atoms in total. The Morgan fingerprint density at radius 2 is 1.07 bits per heavy atom. The van der Waals surface area contributed by atoms with Crippen LogP contribution in [0, 0.1) is 13.8 Å². The van der Waals surface area contributed by atoms with Crippen molar-refractivity contribution < 1.29 is 0 Å². The third-order valence-corrected chi connectivity index (χ3v) is 8.79. The van der Waals surface area contributed by atoms with Gasteiger partial charge in [0.05, 0.1) is 0 Å². The van der Waals surface area contributed by atoms with Crippen LogP contribution in [0.3, 0.4) is 0 Å². The summed E-state index contributed by atoms with van der Waals surface area (Å²) in [6.45, 7) is 4.67. The second kappa shape index (κ2) is 10.7. The van der Waals surface area contributed by atoms with Crippen LogP contribution in [-0.2, 0) is 0 Å². The monoisotopic (exact) mass is 524 g/mol. The summed E-state index contributed by atoms with van der Waals surface area (Å²) < 4.78 is 0. The van der Waals surface area contributed by atoms with Gasteiger partial charge in [-0.2, -0.15) is 0 Å². The summed E-state index contributed by atoms with van der Waals surface area (Å²) >= 11 is 0. The van der Waals surface area contributed by atoms with Crippen molar-refractivity contribution in [3.63, 3.8) is 0 Å². The first-order valence-corrected chi connectivity index (χ1v) is 14.7. The largest absolute Gasteiger partial charge is 0.243 e. The van der Waals surface area contributed by atoms with Crippen molar-refractivity contribution in [1.82, 2.24) is 0 Å². The minimum absolute atomic E-state index is 0.118. The molecular formula is C40H33B. The summed E-state index contributed by atoms with van der Waals surface area (Å²) in [5.41, 5.74) is 9.58. The fraction of sp³-hybridized carbons (Fsp3) is 0.100. The Morgan fingerprint density at radius 1 is 0.512 bits per heavy atom. The van der Waals surface area contributed by atoms with Gasteiger partial charge in [0, 0.05) is 0 Å². The first-order chi connectivity index (χ1) is 20.2. The minimum Gasteiger partial charge on any atom is -0.0806 e. The highest BCUT2D eigenvalue weighted by molar-refractivity contribution is 6.95. The molecule has 0 aliphatic heterocycles. The summed E-state index contributed by atoms with van der Waals surface area (Å²) in [6, 6.07) is 36.0. The lowest BCUT2D eigenvalue weighted by molar-refractivity contribution is 1.33. The summed E-state index contributed by atoms with van der Waals surface area (Å²) in [7, 11) is 0. The van der Waals surface area contributed by atoms with Crippen molar-refractivity contribution >= 4 is 50.3 Å². The number of hydrogen-bond acceptors (Lipinski definition) is 0. The highest BCUT2D eigenvalue weighted by Crippen LogP contribution is 2.25. The van der Waals surface area contributed by atoms with Crippen molar-refractivity contribution in [2.45, 2.75) is 26.7 Å². The molecule has 0 saturated carbocycles. The molecule has 5 aromatic rings. The molecule has 41 heavy (non-hydrogen) atoms. The molecule has 0 radical (unpaired) electrons. The molecular weight excluding hydrogens is 491 g/mol. The lowest BCUT2D eigenvalue weighted by Gasteiger charge is -2.25. The molecule has 0 heterocycles. The van der Waals surface area contributed by atoms with Gasteiger partial charge in [-0.15, -0.1) is 0 Å². The molecule has 0 saturated heterocycles. The van der Waals surface area contributed by atoms with Gasteiger partial charge in [0.25, 0.3) is 0 Å². The Balaban J connectivity index is 1.48. The standard InChI is InChI=1S/C40H33B/c1-28-19-21-33-13-6-8-17-37(33)39(28)41(40-29(2)20-22-34-14-7-9-18-38(34)40)36-16-10-15-35(27-36)32-25-23-31(24-26-32)30-11-4-3-5-12-30/h3-11,13-14,16-27H,12,15H2,1-2H3. The predicted octanol–water partition coefficient (Wildman–Crippen LogP) is 7.16. The van der Waals surface area contributed by atoms with E-state index in [-0.39, 0.29) is 6.71 Å². The van der Waals surface area contributed by atoms with Crippen molar-refractivity contribution in [3.05, 3.63) is 167 Å². The molecule has 2 aliphatic rings. The highest BCUT2D eigenvalue weighted by Gasteiger charge is 2.30.